The van der Waals surface area contributed by atoms with Crippen molar-refractivity contribution in [3.63, 3.8) is 0 Å². The van der Waals surface area contributed by atoms with Crippen LogP contribution in [0.15, 0.2) is 23.2 Å². The first-order valence-corrected chi connectivity index (χ1v) is 8.57. The molecule has 3 rings (SSSR count). The third kappa shape index (κ3) is 4.12. The van der Waals surface area contributed by atoms with Crippen LogP contribution in [-0.4, -0.2) is 32.8 Å². The van der Waals surface area contributed by atoms with Gasteiger partial charge < -0.3 is 14.0 Å². The highest BCUT2D eigenvalue weighted by Crippen LogP contribution is 2.27. The van der Waals surface area contributed by atoms with Crippen LogP contribution in [0.1, 0.15) is 52.3 Å². The van der Waals surface area contributed by atoms with E-state index in [0.717, 1.165) is 37.4 Å². The molecule has 6 heteroatoms. The smallest absolute Gasteiger partial charge is 0.266 e. The van der Waals surface area contributed by atoms with Crippen molar-refractivity contribution in [2.24, 2.45) is 5.92 Å². The molecule has 1 saturated heterocycles. The molecule has 1 fully saturated rings. The van der Waals surface area contributed by atoms with Crippen molar-refractivity contribution >= 4 is 5.95 Å². The Morgan fingerprint density at radius 1 is 1.26 bits per heavy atom. The van der Waals surface area contributed by atoms with Crippen molar-refractivity contribution in [3.8, 4) is 0 Å². The lowest BCUT2D eigenvalue weighted by atomic mass is 9.92. The minimum Gasteiger partial charge on any atom is -0.338 e. The molecule has 0 atom stereocenters. The summed E-state index contributed by atoms with van der Waals surface area (Å²) in [5.41, 5.74) is -0.0864. The molecule has 6 nitrogen and oxygen atoms in total. The van der Waals surface area contributed by atoms with Gasteiger partial charge in [-0.05, 0) is 36.8 Å². The molecule has 0 aliphatic carbocycles. The number of hydrogen-bond donors (Lipinski definition) is 0. The fraction of sp³-hybridized carbons (Fsp3) is 0.706. The Bertz CT molecular complexity index is 591. The molecule has 0 aromatic carbocycles. The molecule has 2 aromatic rings. The van der Waals surface area contributed by atoms with Crippen LogP contribution in [0.5, 0.6) is 0 Å². The fourth-order valence-electron chi connectivity index (χ4n) is 3.05. The maximum Gasteiger partial charge on any atom is 0.266 e. The van der Waals surface area contributed by atoms with E-state index in [9.17, 15) is 0 Å². The maximum absolute atomic E-state index is 5.40. The largest absolute Gasteiger partial charge is 0.338 e. The van der Waals surface area contributed by atoms with E-state index in [2.05, 4.69) is 45.4 Å². The topological polar surface area (TPSA) is 60.0 Å². The third-order valence-corrected chi connectivity index (χ3v) is 4.54. The van der Waals surface area contributed by atoms with Gasteiger partial charge in [-0.1, -0.05) is 20.8 Å². The summed E-state index contributed by atoms with van der Waals surface area (Å²) in [5.74, 6) is 2.28. The van der Waals surface area contributed by atoms with Crippen molar-refractivity contribution in [1.82, 2.24) is 19.7 Å². The summed E-state index contributed by atoms with van der Waals surface area (Å²) in [6.45, 7) is 9.40. The summed E-state index contributed by atoms with van der Waals surface area (Å²) in [4.78, 5) is 10.9. The Hall–Kier alpha value is -1.85. The molecule has 0 unspecified atom stereocenters. The Morgan fingerprint density at radius 2 is 2.04 bits per heavy atom. The summed E-state index contributed by atoms with van der Waals surface area (Å²) in [5, 5.41) is 4.16. The predicted octanol–water partition coefficient (Wildman–Crippen LogP) is 3.26. The molecule has 0 N–H and O–H groups in total. The Kier molecular flexibility index (Phi) is 4.68. The van der Waals surface area contributed by atoms with Gasteiger partial charge in [0.1, 0.15) is 0 Å². The average molecular weight is 317 g/mol. The van der Waals surface area contributed by atoms with Crippen LogP contribution in [0.2, 0.25) is 0 Å². The van der Waals surface area contributed by atoms with Crippen molar-refractivity contribution in [3.05, 3.63) is 24.6 Å². The normalized spacial score (nSPS) is 16.9. The lowest BCUT2D eigenvalue weighted by Gasteiger charge is -2.30. The number of aryl methyl sites for hydroxylation is 1. The van der Waals surface area contributed by atoms with Gasteiger partial charge in [-0.2, -0.15) is 4.98 Å². The van der Waals surface area contributed by atoms with Gasteiger partial charge in [0, 0.05) is 37.4 Å². The first-order valence-electron chi connectivity index (χ1n) is 8.57. The van der Waals surface area contributed by atoms with E-state index in [-0.39, 0.29) is 5.41 Å². The molecular weight excluding hydrogens is 290 g/mol. The number of imidazole rings is 1. The number of hydrogen-bond acceptors (Lipinski definition) is 5. The van der Waals surface area contributed by atoms with Crippen LogP contribution < -0.4 is 4.90 Å². The number of piperidine rings is 1. The monoisotopic (exact) mass is 317 g/mol. The number of aromatic nitrogens is 4. The number of nitrogens with zero attached hydrogens (tertiary/aromatic N) is 5. The minimum absolute atomic E-state index is 0.0864. The zero-order chi connectivity index (χ0) is 16.3. The maximum atomic E-state index is 5.40. The quantitative estimate of drug-likeness (QED) is 0.847. The molecule has 2 aromatic heterocycles. The van der Waals surface area contributed by atoms with Gasteiger partial charge >= 0.3 is 0 Å². The Morgan fingerprint density at radius 3 is 2.65 bits per heavy atom. The Balaban J connectivity index is 1.44. The van der Waals surface area contributed by atoms with Gasteiger partial charge in [-0.15, -0.1) is 0 Å². The van der Waals surface area contributed by atoms with Crippen molar-refractivity contribution in [2.45, 2.75) is 58.4 Å². The summed E-state index contributed by atoms with van der Waals surface area (Å²) in [7, 11) is 0. The Labute approximate surface area is 137 Å². The SMILES string of the molecule is CC(C)(C)c1nc(N2CCC(CCCn3ccnc3)CC2)no1. The average Bonchev–Trinajstić information content (AvgIpc) is 3.19. The lowest BCUT2D eigenvalue weighted by Crippen LogP contribution is -2.34. The fourth-order valence-corrected chi connectivity index (χ4v) is 3.05. The van der Waals surface area contributed by atoms with E-state index < -0.39 is 0 Å². The van der Waals surface area contributed by atoms with Gasteiger partial charge in [-0.25, -0.2) is 4.98 Å². The van der Waals surface area contributed by atoms with Crippen molar-refractivity contribution < 1.29 is 4.52 Å². The van der Waals surface area contributed by atoms with Gasteiger partial charge in [0.25, 0.3) is 5.95 Å². The van der Waals surface area contributed by atoms with Crippen molar-refractivity contribution in [2.75, 3.05) is 18.0 Å². The zero-order valence-corrected chi connectivity index (χ0v) is 14.4. The second-order valence-electron chi connectivity index (χ2n) is 7.52. The van der Waals surface area contributed by atoms with E-state index in [4.69, 9.17) is 4.52 Å². The summed E-state index contributed by atoms with van der Waals surface area (Å²) in [6, 6.07) is 0. The molecular formula is C17H27N5O. The molecule has 0 radical (unpaired) electrons. The second-order valence-corrected chi connectivity index (χ2v) is 7.52. The molecule has 0 spiro atoms. The molecule has 23 heavy (non-hydrogen) atoms. The first kappa shape index (κ1) is 16.0. The van der Waals surface area contributed by atoms with Gasteiger partial charge in [0.15, 0.2) is 0 Å². The molecule has 126 valence electrons. The molecule has 0 bridgehead atoms. The van der Waals surface area contributed by atoms with Crippen LogP contribution in [0, 0.1) is 5.92 Å². The van der Waals surface area contributed by atoms with E-state index >= 15 is 0 Å². The summed E-state index contributed by atoms with van der Waals surface area (Å²) in [6.07, 6.45) is 10.7. The van der Waals surface area contributed by atoms with Gasteiger partial charge in [0.2, 0.25) is 5.89 Å². The highest BCUT2D eigenvalue weighted by Gasteiger charge is 2.26. The van der Waals surface area contributed by atoms with E-state index in [0.29, 0.717) is 0 Å². The molecule has 3 heterocycles. The standard InChI is InChI=1S/C17H27N5O/c1-17(2,3)15-19-16(20-23-15)22-10-6-14(7-11-22)5-4-9-21-12-8-18-13-21/h8,12-14H,4-7,9-11H2,1-3H3. The highest BCUT2D eigenvalue weighted by atomic mass is 16.5. The molecule has 0 saturated carbocycles. The van der Waals surface area contributed by atoms with Gasteiger partial charge in [-0.3, -0.25) is 0 Å². The van der Waals surface area contributed by atoms with Crippen molar-refractivity contribution in [1.29, 1.82) is 0 Å². The molecule has 0 amide bonds. The van der Waals surface area contributed by atoms with Crippen LogP contribution in [0.25, 0.3) is 0 Å². The van der Waals surface area contributed by atoms with Gasteiger partial charge in [0.05, 0.1) is 6.33 Å². The lowest BCUT2D eigenvalue weighted by molar-refractivity contribution is 0.318. The third-order valence-electron chi connectivity index (χ3n) is 4.54. The summed E-state index contributed by atoms with van der Waals surface area (Å²) < 4.78 is 7.56. The minimum atomic E-state index is -0.0864. The van der Waals surface area contributed by atoms with Crippen LogP contribution >= 0.6 is 0 Å². The first-order chi connectivity index (χ1) is 11.0. The van der Waals surface area contributed by atoms with Crippen LogP contribution in [0.4, 0.5) is 5.95 Å². The van der Waals surface area contributed by atoms with Crippen LogP contribution in [-0.2, 0) is 12.0 Å². The highest BCUT2D eigenvalue weighted by molar-refractivity contribution is 5.29. The number of anilines is 1. The number of rotatable bonds is 5. The summed E-state index contributed by atoms with van der Waals surface area (Å²) >= 11 is 0. The van der Waals surface area contributed by atoms with Crippen LogP contribution in [0.3, 0.4) is 0 Å². The van der Waals surface area contributed by atoms with E-state index in [1.54, 1.807) is 0 Å². The second kappa shape index (κ2) is 6.72. The van der Waals surface area contributed by atoms with E-state index in [1.807, 2.05) is 18.7 Å². The zero-order valence-electron chi connectivity index (χ0n) is 14.4. The molecule has 1 aliphatic rings. The predicted molar refractivity (Wildman–Crippen MR) is 89.4 cm³/mol. The van der Waals surface area contributed by atoms with E-state index in [1.165, 1.54) is 25.7 Å². The molecule has 1 aliphatic heterocycles.